The number of benzene rings is 1. The maximum absolute atomic E-state index is 14.7. The van der Waals surface area contributed by atoms with E-state index in [0.29, 0.717) is 37.6 Å². The summed E-state index contributed by atoms with van der Waals surface area (Å²) in [6.45, 7) is 1.93. The minimum absolute atomic E-state index is 0.221. The van der Waals surface area contributed by atoms with Crippen LogP contribution >= 0.6 is 0 Å². The number of amides is 3. The van der Waals surface area contributed by atoms with E-state index in [-0.39, 0.29) is 25.3 Å². The third-order valence-electron chi connectivity index (χ3n) is 4.34. The Kier molecular flexibility index (Phi) is 5.43. The topological polar surface area (TPSA) is 100 Å². The molecule has 3 amide bonds. The van der Waals surface area contributed by atoms with Gasteiger partial charge in [-0.3, -0.25) is 9.74 Å². The SMILES string of the molecule is CNC(=O)N1CCN(c2ccc(N3C[C@H](CN)OC3=O)cc2F)CCO1. The highest BCUT2D eigenvalue weighted by atomic mass is 19.1. The van der Waals surface area contributed by atoms with E-state index in [1.54, 1.807) is 17.0 Å². The summed E-state index contributed by atoms with van der Waals surface area (Å²) in [5.41, 5.74) is 6.33. The minimum atomic E-state index is -0.531. The molecular weight excluding hydrogens is 345 g/mol. The van der Waals surface area contributed by atoms with Crippen molar-refractivity contribution in [3.05, 3.63) is 24.0 Å². The highest BCUT2D eigenvalue weighted by molar-refractivity contribution is 5.90. The van der Waals surface area contributed by atoms with E-state index >= 15 is 0 Å². The zero-order valence-corrected chi connectivity index (χ0v) is 14.5. The summed E-state index contributed by atoms with van der Waals surface area (Å²) in [5, 5.41) is 3.71. The van der Waals surface area contributed by atoms with Crippen LogP contribution in [0.5, 0.6) is 0 Å². The number of nitrogens with one attached hydrogen (secondary N) is 1. The molecule has 26 heavy (non-hydrogen) atoms. The van der Waals surface area contributed by atoms with Crippen LogP contribution < -0.4 is 20.9 Å². The zero-order chi connectivity index (χ0) is 18.7. The van der Waals surface area contributed by atoms with Gasteiger partial charge in [0.2, 0.25) is 0 Å². The van der Waals surface area contributed by atoms with Crippen molar-refractivity contribution >= 4 is 23.5 Å². The van der Waals surface area contributed by atoms with Gasteiger partial charge in [-0.05, 0) is 18.2 Å². The van der Waals surface area contributed by atoms with Gasteiger partial charge in [0, 0.05) is 26.7 Å². The molecule has 3 rings (SSSR count). The molecule has 0 bridgehead atoms. The number of urea groups is 1. The van der Waals surface area contributed by atoms with Crippen LogP contribution in [0.3, 0.4) is 0 Å². The van der Waals surface area contributed by atoms with Crippen LogP contribution in [0.1, 0.15) is 0 Å². The lowest BCUT2D eigenvalue weighted by atomic mass is 10.2. The van der Waals surface area contributed by atoms with Gasteiger partial charge in [-0.2, -0.15) is 0 Å². The molecule has 0 aromatic heterocycles. The maximum Gasteiger partial charge on any atom is 0.414 e. The van der Waals surface area contributed by atoms with Gasteiger partial charge in [0.1, 0.15) is 11.9 Å². The summed E-state index contributed by atoms with van der Waals surface area (Å²) in [4.78, 5) is 32.0. The predicted molar refractivity (Wildman–Crippen MR) is 92.4 cm³/mol. The second-order valence-corrected chi connectivity index (χ2v) is 5.97. The molecule has 2 fully saturated rings. The predicted octanol–water partition coefficient (Wildman–Crippen LogP) is 0.503. The van der Waals surface area contributed by atoms with Crippen molar-refractivity contribution < 1.29 is 23.6 Å². The number of carbonyl (C=O) groups excluding carboxylic acids is 2. The highest BCUT2D eigenvalue weighted by Gasteiger charge is 2.32. The first kappa shape index (κ1) is 18.2. The molecule has 1 atom stereocenters. The Morgan fingerprint density at radius 2 is 2.19 bits per heavy atom. The van der Waals surface area contributed by atoms with Crippen LogP contribution in [0.15, 0.2) is 18.2 Å². The van der Waals surface area contributed by atoms with Crippen molar-refractivity contribution in [3.63, 3.8) is 0 Å². The van der Waals surface area contributed by atoms with E-state index in [4.69, 9.17) is 15.3 Å². The summed E-state index contributed by atoms with van der Waals surface area (Å²) in [6.07, 6.45) is -0.916. The Balaban J connectivity index is 1.72. The maximum atomic E-state index is 14.7. The number of cyclic esters (lactones) is 1. The number of hydrogen-bond donors (Lipinski definition) is 2. The first-order valence-corrected chi connectivity index (χ1v) is 8.38. The first-order valence-electron chi connectivity index (χ1n) is 8.38. The van der Waals surface area contributed by atoms with Gasteiger partial charge in [-0.25, -0.2) is 19.0 Å². The molecule has 0 saturated carbocycles. The molecule has 0 unspecified atom stereocenters. The van der Waals surface area contributed by atoms with Gasteiger partial charge in [0.15, 0.2) is 0 Å². The summed E-state index contributed by atoms with van der Waals surface area (Å²) in [7, 11) is 1.52. The molecule has 10 heteroatoms. The van der Waals surface area contributed by atoms with Crippen LogP contribution in [0.4, 0.5) is 25.4 Å². The molecule has 2 aliphatic rings. The largest absolute Gasteiger partial charge is 0.443 e. The molecule has 9 nitrogen and oxygen atoms in total. The van der Waals surface area contributed by atoms with E-state index in [9.17, 15) is 14.0 Å². The number of hydroxylamine groups is 2. The van der Waals surface area contributed by atoms with Gasteiger partial charge in [-0.1, -0.05) is 0 Å². The van der Waals surface area contributed by atoms with Gasteiger partial charge < -0.3 is 20.7 Å². The van der Waals surface area contributed by atoms with Crippen LogP contribution in [0.25, 0.3) is 0 Å². The molecule has 0 radical (unpaired) electrons. The summed E-state index contributed by atoms with van der Waals surface area (Å²) >= 11 is 0. The Labute approximate surface area is 150 Å². The minimum Gasteiger partial charge on any atom is -0.443 e. The van der Waals surface area contributed by atoms with Crippen molar-refractivity contribution in [2.75, 3.05) is 56.2 Å². The molecule has 2 aliphatic heterocycles. The number of nitrogens with zero attached hydrogens (tertiary/aromatic N) is 3. The summed E-state index contributed by atoms with van der Waals surface area (Å²) in [6, 6.07) is 4.24. The van der Waals surface area contributed by atoms with E-state index in [1.807, 2.05) is 0 Å². The number of hydrogen-bond acceptors (Lipinski definition) is 6. The second kappa shape index (κ2) is 7.75. The van der Waals surface area contributed by atoms with Gasteiger partial charge in [-0.15, -0.1) is 0 Å². The average molecular weight is 367 g/mol. The van der Waals surface area contributed by atoms with Crippen molar-refractivity contribution in [1.29, 1.82) is 0 Å². The fourth-order valence-corrected chi connectivity index (χ4v) is 2.95. The van der Waals surface area contributed by atoms with Crippen molar-refractivity contribution in [1.82, 2.24) is 10.4 Å². The molecule has 0 spiro atoms. The van der Waals surface area contributed by atoms with E-state index in [0.717, 1.165) is 0 Å². The number of rotatable bonds is 3. The lowest BCUT2D eigenvalue weighted by molar-refractivity contribution is -0.104. The summed E-state index contributed by atoms with van der Waals surface area (Å²) < 4.78 is 19.8. The molecular formula is C16H22FN5O4. The smallest absolute Gasteiger partial charge is 0.414 e. The van der Waals surface area contributed by atoms with Crippen LogP contribution in [0.2, 0.25) is 0 Å². The fourth-order valence-electron chi connectivity index (χ4n) is 2.95. The lowest BCUT2D eigenvalue weighted by Gasteiger charge is -2.23. The molecule has 142 valence electrons. The number of ether oxygens (including phenoxy) is 1. The van der Waals surface area contributed by atoms with Crippen molar-refractivity contribution in [3.8, 4) is 0 Å². The standard InChI is InChI=1S/C16H22FN5O4/c1-19-15(23)22-5-4-20(6-7-25-22)14-3-2-11(8-13(14)17)21-10-12(9-18)26-16(21)24/h2-3,8,12H,4-7,9-10,18H2,1H3,(H,19,23)/t12-/m0/s1. The third-order valence-corrected chi connectivity index (χ3v) is 4.34. The highest BCUT2D eigenvalue weighted by Crippen LogP contribution is 2.28. The lowest BCUT2D eigenvalue weighted by Crippen LogP contribution is -2.39. The summed E-state index contributed by atoms with van der Waals surface area (Å²) in [5.74, 6) is -0.458. The number of nitrogens with two attached hydrogens (primary N) is 1. The normalized spacial score (nSPS) is 20.8. The Morgan fingerprint density at radius 3 is 2.85 bits per heavy atom. The van der Waals surface area contributed by atoms with E-state index in [1.165, 1.54) is 23.1 Å². The van der Waals surface area contributed by atoms with Crippen LogP contribution in [0, 0.1) is 5.82 Å². The van der Waals surface area contributed by atoms with Gasteiger partial charge >= 0.3 is 12.1 Å². The van der Waals surface area contributed by atoms with Crippen molar-refractivity contribution in [2.24, 2.45) is 5.73 Å². The number of halogens is 1. The van der Waals surface area contributed by atoms with E-state index in [2.05, 4.69) is 5.32 Å². The fraction of sp³-hybridized carbons (Fsp3) is 0.500. The molecule has 1 aromatic carbocycles. The van der Waals surface area contributed by atoms with Gasteiger partial charge in [0.05, 0.1) is 31.1 Å². The second-order valence-electron chi connectivity index (χ2n) is 5.97. The zero-order valence-electron chi connectivity index (χ0n) is 14.5. The number of carbonyl (C=O) groups is 2. The third kappa shape index (κ3) is 3.65. The molecule has 2 heterocycles. The van der Waals surface area contributed by atoms with E-state index < -0.39 is 11.9 Å². The van der Waals surface area contributed by atoms with Gasteiger partial charge in [0.25, 0.3) is 0 Å². The number of anilines is 2. The monoisotopic (exact) mass is 367 g/mol. The Bertz CT molecular complexity index is 689. The molecule has 3 N–H and O–H groups in total. The Morgan fingerprint density at radius 1 is 1.38 bits per heavy atom. The first-order chi connectivity index (χ1) is 12.5. The van der Waals surface area contributed by atoms with Crippen LogP contribution in [-0.2, 0) is 9.57 Å². The average Bonchev–Trinajstić information content (AvgIpc) is 2.86. The Hall–Kier alpha value is -2.59. The quantitative estimate of drug-likeness (QED) is 0.807. The molecule has 2 saturated heterocycles. The van der Waals surface area contributed by atoms with Crippen LogP contribution in [-0.4, -0.2) is 69.7 Å². The molecule has 1 aromatic rings. The molecule has 0 aliphatic carbocycles. The van der Waals surface area contributed by atoms with Crippen molar-refractivity contribution in [2.45, 2.75) is 6.10 Å².